The van der Waals surface area contributed by atoms with Crippen LogP contribution in [0.25, 0.3) is 0 Å². The lowest BCUT2D eigenvalue weighted by Crippen LogP contribution is -2.40. The Morgan fingerprint density at radius 1 is 1.35 bits per heavy atom. The highest BCUT2D eigenvalue weighted by molar-refractivity contribution is 7.89. The molecule has 3 N–H and O–H groups in total. The summed E-state index contributed by atoms with van der Waals surface area (Å²) in [5.74, 6) is -0.987. The molecule has 1 atom stereocenters. The van der Waals surface area contributed by atoms with E-state index in [9.17, 15) is 13.2 Å². The summed E-state index contributed by atoms with van der Waals surface area (Å²) in [5, 5.41) is 17.7. The van der Waals surface area contributed by atoms with E-state index in [1.54, 1.807) is 0 Å². The summed E-state index contributed by atoms with van der Waals surface area (Å²) < 4.78 is 31.1. The summed E-state index contributed by atoms with van der Waals surface area (Å²) in [6, 6.07) is 4.78. The molecule has 0 radical (unpaired) electrons. The molecule has 0 aromatic heterocycles. The van der Waals surface area contributed by atoms with Gasteiger partial charge in [-0.1, -0.05) is 12.1 Å². The van der Waals surface area contributed by atoms with Crippen LogP contribution in [0.1, 0.15) is 5.56 Å². The van der Waals surface area contributed by atoms with Crippen molar-refractivity contribution >= 4 is 16.0 Å². The van der Waals surface area contributed by atoms with E-state index in [1.807, 2.05) is 0 Å². The van der Waals surface area contributed by atoms with Crippen LogP contribution in [-0.4, -0.2) is 51.0 Å². The van der Waals surface area contributed by atoms with Crippen LogP contribution in [-0.2, 0) is 26.0 Å². The molecule has 1 rings (SSSR count). The first kappa shape index (κ1) is 16.6. The fourth-order valence-corrected chi connectivity index (χ4v) is 2.79. The van der Waals surface area contributed by atoms with Crippen molar-refractivity contribution in [3.63, 3.8) is 0 Å². The molecule has 0 heterocycles. The van der Waals surface area contributed by atoms with E-state index in [2.05, 4.69) is 4.72 Å². The Balaban J connectivity index is 2.84. The van der Waals surface area contributed by atoms with Crippen LogP contribution in [0.5, 0.6) is 0 Å². The molecule has 7 nitrogen and oxygen atoms in total. The summed E-state index contributed by atoms with van der Waals surface area (Å²) in [6.45, 7) is -0.336. The number of aliphatic carboxylic acids is 1. The number of aliphatic hydroxyl groups is 1. The van der Waals surface area contributed by atoms with Crippen LogP contribution >= 0.6 is 0 Å². The third-order valence-corrected chi connectivity index (χ3v) is 4.04. The van der Waals surface area contributed by atoms with Gasteiger partial charge in [0.15, 0.2) is 0 Å². The van der Waals surface area contributed by atoms with Crippen molar-refractivity contribution in [2.75, 3.05) is 20.3 Å². The minimum Gasteiger partial charge on any atom is -0.481 e. The van der Waals surface area contributed by atoms with Gasteiger partial charge in [0.2, 0.25) is 10.0 Å². The van der Waals surface area contributed by atoms with Gasteiger partial charge in [0, 0.05) is 7.11 Å². The largest absolute Gasteiger partial charge is 0.481 e. The second-order valence-electron chi connectivity index (χ2n) is 4.17. The molecular formula is C12H17NO6S. The van der Waals surface area contributed by atoms with Crippen LogP contribution < -0.4 is 4.72 Å². The number of carbonyl (C=O) groups is 1. The van der Waals surface area contributed by atoms with Gasteiger partial charge in [0.05, 0.1) is 30.6 Å². The minimum atomic E-state index is -3.78. The Bertz CT molecular complexity index is 540. The molecular weight excluding hydrogens is 286 g/mol. The van der Waals surface area contributed by atoms with Crippen molar-refractivity contribution in [1.82, 2.24) is 4.72 Å². The van der Waals surface area contributed by atoms with Crippen LogP contribution in [0.2, 0.25) is 0 Å². The Hall–Kier alpha value is -1.48. The third-order valence-electron chi connectivity index (χ3n) is 2.50. The molecule has 0 saturated carbocycles. The average molecular weight is 303 g/mol. The Labute approximate surface area is 117 Å². The Morgan fingerprint density at radius 2 is 1.95 bits per heavy atom. The predicted molar refractivity (Wildman–Crippen MR) is 70.9 cm³/mol. The molecule has 112 valence electrons. The van der Waals surface area contributed by atoms with E-state index in [0.717, 1.165) is 0 Å². The van der Waals surface area contributed by atoms with Gasteiger partial charge < -0.3 is 14.9 Å². The van der Waals surface area contributed by atoms with Crippen molar-refractivity contribution in [2.45, 2.75) is 17.4 Å². The van der Waals surface area contributed by atoms with Crippen molar-refractivity contribution < 1.29 is 28.2 Å². The Morgan fingerprint density at radius 3 is 2.40 bits per heavy atom. The fraction of sp³-hybridized carbons (Fsp3) is 0.417. The molecule has 8 heteroatoms. The molecule has 0 aliphatic rings. The molecule has 0 aliphatic heterocycles. The summed E-state index contributed by atoms with van der Waals surface area (Å²) in [6.07, 6.45) is -0.170. The predicted octanol–water partition coefficient (Wildman–Crippen LogP) is -0.401. The number of hydrogen-bond acceptors (Lipinski definition) is 5. The molecule has 1 unspecified atom stereocenters. The minimum absolute atomic E-state index is 0.00110. The van der Waals surface area contributed by atoms with E-state index >= 15 is 0 Å². The van der Waals surface area contributed by atoms with Crippen molar-refractivity contribution in [3.8, 4) is 0 Å². The van der Waals surface area contributed by atoms with Gasteiger partial charge in [-0.25, -0.2) is 13.1 Å². The van der Waals surface area contributed by atoms with Crippen LogP contribution in [0.4, 0.5) is 0 Å². The van der Waals surface area contributed by atoms with Gasteiger partial charge in [-0.15, -0.1) is 0 Å². The zero-order valence-electron chi connectivity index (χ0n) is 10.9. The van der Waals surface area contributed by atoms with Gasteiger partial charge >= 0.3 is 5.97 Å². The van der Waals surface area contributed by atoms with Crippen molar-refractivity contribution in [1.29, 1.82) is 0 Å². The van der Waals surface area contributed by atoms with Crippen molar-refractivity contribution in [2.24, 2.45) is 0 Å². The van der Waals surface area contributed by atoms with E-state index in [0.29, 0.717) is 5.56 Å². The zero-order valence-corrected chi connectivity index (χ0v) is 11.8. The maximum atomic E-state index is 12.0. The number of nitrogens with one attached hydrogen (secondary N) is 1. The first-order chi connectivity index (χ1) is 9.39. The maximum absolute atomic E-state index is 12.0. The highest BCUT2D eigenvalue weighted by Crippen LogP contribution is 2.11. The monoisotopic (exact) mass is 303 g/mol. The first-order valence-electron chi connectivity index (χ1n) is 5.82. The Kier molecular flexibility index (Phi) is 6.08. The number of carboxylic acids is 1. The number of rotatable bonds is 8. The summed E-state index contributed by atoms with van der Waals surface area (Å²) >= 11 is 0. The molecule has 0 bridgehead atoms. The molecule has 1 aromatic carbocycles. The molecule has 0 spiro atoms. The first-order valence-corrected chi connectivity index (χ1v) is 7.30. The normalized spacial score (nSPS) is 13.1. The summed E-state index contributed by atoms with van der Waals surface area (Å²) in [4.78, 5) is 10.5. The highest BCUT2D eigenvalue weighted by Gasteiger charge is 2.19. The maximum Gasteiger partial charge on any atom is 0.307 e. The molecule has 1 aromatic rings. The summed E-state index contributed by atoms with van der Waals surface area (Å²) in [5.41, 5.74) is 0.507. The van der Waals surface area contributed by atoms with Gasteiger partial charge in [0.25, 0.3) is 0 Å². The quantitative estimate of drug-likeness (QED) is 0.602. The lowest BCUT2D eigenvalue weighted by Gasteiger charge is -2.15. The van der Waals surface area contributed by atoms with E-state index < -0.39 is 22.0 Å². The number of ether oxygens (including phenoxy) is 1. The van der Waals surface area contributed by atoms with E-state index in [-0.39, 0.29) is 24.5 Å². The molecule has 0 aliphatic carbocycles. The SMILES string of the molecule is COCC(CO)NS(=O)(=O)c1ccc(CC(=O)O)cc1. The summed E-state index contributed by atoms with van der Waals surface area (Å²) in [7, 11) is -2.38. The zero-order chi connectivity index (χ0) is 15.2. The number of aliphatic hydroxyl groups excluding tert-OH is 1. The number of methoxy groups -OCH3 is 1. The van der Waals surface area contributed by atoms with Crippen LogP contribution in [0.15, 0.2) is 29.2 Å². The smallest absolute Gasteiger partial charge is 0.307 e. The standard InChI is InChI=1S/C12H17NO6S/c1-19-8-10(7-14)13-20(17,18)11-4-2-9(3-5-11)6-12(15)16/h2-5,10,13-14H,6-8H2,1H3,(H,15,16). The third kappa shape index (κ3) is 4.89. The lowest BCUT2D eigenvalue weighted by molar-refractivity contribution is -0.136. The second-order valence-corrected chi connectivity index (χ2v) is 5.88. The molecule has 20 heavy (non-hydrogen) atoms. The topological polar surface area (TPSA) is 113 Å². The van der Waals surface area contributed by atoms with E-state index in [4.69, 9.17) is 14.9 Å². The van der Waals surface area contributed by atoms with E-state index in [1.165, 1.54) is 31.4 Å². The average Bonchev–Trinajstić information content (AvgIpc) is 2.38. The van der Waals surface area contributed by atoms with Gasteiger partial charge in [-0.2, -0.15) is 0 Å². The van der Waals surface area contributed by atoms with Gasteiger partial charge in [-0.05, 0) is 17.7 Å². The highest BCUT2D eigenvalue weighted by atomic mass is 32.2. The van der Waals surface area contributed by atoms with Crippen LogP contribution in [0.3, 0.4) is 0 Å². The lowest BCUT2D eigenvalue weighted by atomic mass is 10.2. The van der Waals surface area contributed by atoms with Crippen molar-refractivity contribution in [3.05, 3.63) is 29.8 Å². The molecule has 0 amide bonds. The van der Waals surface area contributed by atoms with Gasteiger partial charge in [0.1, 0.15) is 0 Å². The number of benzene rings is 1. The number of sulfonamides is 1. The number of hydrogen-bond donors (Lipinski definition) is 3. The fourth-order valence-electron chi connectivity index (χ4n) is 1.57. The molecule has 0 saturated heterocycles. The second kappa shape index (κ2) is 7.34. The van der Waals surface area contributed by atoms with Crippen LogP contribution in [0, 0.1) is 0 Å². The molecule has 0 fully saturated rings. The number of carboxylic acid groups (broad SMARTS) is 1. The van der Waals surface area contributed by atoms with Gasteiger partial charge in [-0.3, -0.25) is 4.79 Å².